The molecule has 97 valence electrons. The summed E-state index contributed by atoms with van der Waals surface area (Å²) in [5.74, 6) is -0.0386. The van der Waals surface area contributed by atoms with E-state index in [1.807, 2.05) is 54.6 Å². The molecule has 0 bridgehead atoms. The molecule has 1 aliphatic rings. The molecule has 1 unspecified atom stereocenters. The quantitative estimate of drug-likeness (QED) is 0.840. The van der Waals surface area contributed by atoms with Crippen LogP contribution in [0.15, 0.2) is 59.7 Å². The molecule has 1 N–H and O–H groups in total. The van der Waals surface area contributed by atoms with Crippen molar-refractivity contribution in [1.82, 2.24) is 5.43 Å². The summed E-state index contributed by atoms with van der Waals surface area (Å²) >= 11 is 0. The van der Waals surface area contributed by atoms with Crippen LogP contribution in [0.5, 0.6) is 0 Å². The van der Waals surface area contributed by atoms with Crippen LogP contribution < -0.4 is 5.43 Å². The molecule has 1 radical (unpaired) electrons. The van der Waals surface area contributed by atoms with Crippen molar-refractivity contribution in [2.45, 2.75) is 12.3 Å². The molecule has 0 saturated carbocycles. The number of nitrogens with one attached hydrogen (secondary N) is 1. The van der Waals surface area contributed by atoms with Crippen molar-refractivity contribution in [1.29, 1.82) is 0 Å². The third kappa shape index (κ3) is 3.22. The molecule has 4 heteroatoms. The molecule has 0 aromatic heterocycles. The zero-order chi connectivity index (χ0) is 13.1. The van der Waals surface area contributed by atoms with Gasteiger partial charge in [0.15, 0.2) is 0 Å². The number of nitrogens with zero attached hydrogens (tertiary/aromatic N) is 1. The molecule has 0 aliphatic carbocycles. The maximum Gasteiger partial charge on any atom is 0.241 e. The van der Waals surface area contributed by atoms with Crippen LogP contribution in [0.25, 0.3) is 0 Å². The van der Waals surface area contributed by atoms with E-state index in [-0.39, 0.29) is 44.5 Å². The van der Waals surface area contributed by atoms with Crippen LogP contribution >= 0.6 is 0 Å². The van der Waals surface area contributed by atoms with Crippen LogP contribution in [0.4, 0.5) is 0 Å². The normalized spacial score (nSPS) is 17.7. The van der Waals surface area contributed by atoms with E-state index in [1.54, 1.807) is 0 Å². The van der Waals surface area contributed by atoms with E-state index in [0.717, 1.165) is 16.8 Å². The monoisotopic (exact) mass is 338 g/mol. The van der Waals surface area contributed by atoms with Crippen LogP contribution in [0.3, 0.4) is 0 Å². The Morgan fingerprint density at radius 2 is 1.80 bits per heavy atom. The number of benzene rings is 2. The van der Waals surface area contributed by atoms with Crippen molar-refractivity contribution in [3.63, 3.8) is 0 Å². The van der Waals surface area contributed by atoms with Gasteiger partial charge in [-0.2, -0.15) is 35.4 Å². The molecule has 2 aromatic carbocycles. The molecule has 3 nitrogen and oxygen atoms in total. The van der Waals surface area contributed by atoms with Crippen molar-refractivity contribution >= 4 is 11.6 Å². The van der Waals surface area contributed by atoms with Gasteiger partial charge in [-0.25, -0.2) is 5.43 Å². The van der Waals surface area contributed by atoms with Crippen LogP contribution in [0.2, 0.25) is 0 Å². The first-order valence-corrected chi connectivity index (χ1v) is 6.22. The Kier molecular flexibility index (Phi) is 5.21. The standard InChI is InChI=1S/C16H13N2O.Y/c19-15-11-14(12-7-3-1-4-8-12)16(18-17-15)13-9-5-2-6-10-13;/h2-10,14H,11H2,(H,17,19);/q-1;. The Morgan fingerprint density at radius 1 is 1.10 bits per heavy atom. The van der Waals surface area contributed by atoms with Gasteiger partial charge in [0.25, 0.3) is 0 Å². The van der Waals surface area contributed by atoms with E-state index >= 15 is 0 Å². The predicted molar refractivity (Wildman–Crippen MR) is 73.8 cm³/mol. The fourth-order valence-corrected chi connectivity index (χ4v) is 2.31. The molecule has 0 spiro atoms. The van der Waals surface area contributed by atoms with E-state index in [4.69, 9.17) is 0 Å². The molecule has 1 heterocycles. The second kappa shape index (κ2) is 6.91. The van der Waals surface area contributed by atoms with E-state index in [1.165, 1.54) is 0 Å². The van der Waals surface area contributed by atoms with Crippen molar-refractivity contribution in [3.8, 4) is 0 Å². The van der Waals surface area contributed by atoms with E-state index in [0.29, 0.717) is 6.42 Å². The zero-order valence-electron chi connectivity index (χ0n) is 10.9. The molecule has 0 fully saturated rings. The SMILES string of the molecule is O=C1CC(c2cc[c-]cc2)C(c2ccccc2)=NN1.[Y]. The number of rotatable bonds is 2. The smallest absolute Gasteiger partial charge is 0.241 e. The molecular weight excluding hydrogens is 325 g/mol. The number of hydrogen-bond acceptors (Lipinski definition) is 2. The average molecular weight is 338 g/mol. The minimum absolute atomic E-state index is 0. The summed E-state index contributed by atoms with van der Waals surface area (Å²) < 4.78 is 0. The van der Waals surface area contributed by atoms with Gasteiger partial charge < -0.3 is 0 Å². The van der Waals surface area contributed by atoms with E-state index in [2.05, 4.69) is 16.6 Å². The van der Waals surface area contributed by atoms with Gasteiger partial charge in [0.1, 0.15) is 0 Å². The molecule has 1 atom stereocenters. The van der Waals surface area contributed by atoms with Crippen molar-refractivity contribution < 1.29 is 37.5 Å². The minimum Gasteiger partial charge on any atom is -0.273 e. The summed E-state index contributed by atoms with van der Waals surface area (Å²) in [4.78, 5) is 11.6. The largest absolute Gasteiger partial charge is 0.273 e. The van der Waals surface area contributed by atoms with Crippen molar-refractivity contribution in [2.24, 2.45) is 5.10 Å². The summed E-state index contributed by atoms with van der Waals surface area (Å²) in [6, 6.07) is 20.7. The van der Waals surface area contributed by atoms with Crippen LogP contribution in [0.1, 0.15) is 23.5 Å². The van der Waals surface area contributed by atoms with Gasteiger partial charge in [-0.15, -0.1) is 5.56 Å². The Labute approximate surface area is 143 Å². The maximum absolute atomic E-state index is 11.6. The summed E-state index contributed by atoms with van der Waals surface area (Å²) in [6.07, 6.45) is 0.428. The fraction of sp³-hybridized carbons (Fsp3) is 0.125. The second-order valence-electron chi connectivity index (χ2n) is 4.49. The average Bonchev–Trinajstić information content (AvgIpc) is 2.49. The molecule has 3 rings (SSSR count). The van der Waals surface area contributed by atoms with Gasteiger partial charge in [-0.1, -0.05) is 30.3 Å². The summed E-state index contributed by atoms with van der Waals surface area (Å²) in [5.41, 5.74) is 5.62. The fourth-order valence-electron chi connectivity index (χ4n) is 2.31. The predicted octanol–water partition coefficient (Wildman–Crippen LogP) is 2.49. The molecule has 1 aliphatic heterocycles. The van der Waals surface area contributed by atoms with E-state index < -0.39 is 0 Å². The van der Waals surface area contributed by atoms with Crippen LogP contribution in [0, 0.1) is 6.07 Å². The van der Waals surface area contributed by atoms with Gasteiger partial charge in [0.2, 0.25) is 5.91 Å². The van der Waals surface area contributed by atoms with Crippen LogP contribution in [-0.4, -0.2) is 11.6 Å². The van der Waals surface area contributed by atoms with Crippen molar-refractivity contribution in [3.05, 3.63) is 71.8 Å². The van der Waals surface area contributed by atoms with Gasteiger partial charge in [0, 0.05) is 45.0 Å². The number of carbonyl (C=O) groups is 1. The molecule has 20 heavy (non-hydrogen) atoms. The first-order chi connectivity index (χ1) is 9.34. The van der Waals surface area contributed by atoms with Crippen molar-refractivity contribution in [2.75, 3.05) is 0 Å². The molecule has 1 amide bonds. The summed E-state index contributed by atoms with van der Waals surface area (Å²) in [5, 5.41) is 4.25. The Bertz CT molecular complexity index is 611. The van der Waals surface area contributed by atoms with Gasteiger partial charge in [-0.3, -0.25) is 4.79 Å². The minimum atomic E-state index is -0.0440. The van der Waals surface area contributed by atoms with E-state index in [9.17, 15) is 4.79 Å². The third-order valence-corrected chi connectivity index (χ3v) is 3.24. The number of hydrazone groups is 1. The van der Waals surface area contributed by atoms with Gasteiger partial charge in [0.05, 0.1) is 5.71 Å². The molecule has 0 saturated heterocycles. The van der Waals surface area contributed by atoms with Gasteiger partial charge >= 0.3 is 0 Å². The zero-order valence-corrected chi connectivity index (χ0v) is 13.8. The number of hydrogen-bond donors (Lipinski definition) is 1. The summed E-state index contributed by atoms with van der Waals surface area (Å²) in [6.45, 7) is 0. The Hall–Kier alpha value is -1.32. The first-order valence-electron chi connectivity index (χ1n) is 6.22. The first kappa shape index (κ1) is 15.1. The summed E-state index contributed by atoms with van der Waals surface area (Å²) in [7, 11) is 0. The maximum atomic E-state index is 11.6. The van der Waals surface area contributed by atoms with Crippen LogP contribution in [-0.2, 0) is 37.5 Å². The molecule has 2 aromatic rings. The Balaban J connectivity index is 0.00000147. The number of carbonyl (C=O) groups excluding carboxylic acids is 1. The third-order valence-electron chi connectivity index (χ3n) is 3.24. The molecular formula is C16H13N2OY-. The number of amides is 1. The topological polar surface area (TPSA) is 41.5 Å². The Morgan fingerprint density at radius 3 is 2.50 bits per heavy atom. The van der Waals surface area contributed by atoms with Gasteiger partial charge in [-0.05, 0) is 5.56 Å². The second-order valence-corrected chi connectivity index (χ2v) is 4.49.